The highest BCUT2D eigenvalue weighted by molar-refractivity contribution is 7.98. The van der Waals surface area contributed by atoms with E-state index in [2.05, 4.69) is 36.9 Å². The molecule has 0 radical (unpaired) electrons. The van der Waals surface area contributed by atoms with Gasteiger partial charge in [0.15, 0.2) is 15.9 Å². The molecule has 0 saturated carbocycles. The van der Waals surface area contributed by atoms with Gasteiger partial charge in [-0.15, -0.1) is 21.5 Å². The quantitative estimate of drug-likeness (QED) is 0.380. The Kier molecular flexibility index (Phi) is 5.12. The second-order valence-corrected chi connectivity index (χ2v) is 8.37. The van der Waals surface area contributed by atoms with Gasteiger partial charge in [0.25, 0.3) is 5.56 Å². The van der Waals surface area contributed by atoms with Crippen molar-refractivity contribution in [3.63, 3.8) is 0 Å². The SMILES string of the molecule is O=c1cc(CSc2nnc(-c3cccnc3)n2Cc2ccccc2)nc2sccn12. The lowest BCUT2D eigenvalue weighted by molar-refractivity contribution is 0.714. The Morgan fingerprint density at radius 3 is 2.80 bits per heavy atom. The van der Waals surface area contributed by atoms with Gasteiger partial charge in [-0.2, -0.15) is 0 Å². The molecule has 30 heavy (non-hydrogen) atoms. The first-order valence-corrected chi connectivity index (χ1v) is 11.1. The third-order valence-electron chi connectivity index (χ3n) is 4.53. The highest BCUT2D eigenvalue weighted by Crippen LogP contribution is 2.26. The van der Waals surface area contributed by atoms with E-state index in [1.807, 2.05) is 35.7 Å². The maximum Gasteiger partial charge on any atom is 0.258 e. The van der Waals surface area contributed by atoms with Crippen LogP contribution in [0.15, 0.2) is 82.5 Å². The van der Waals surface area contributed by atoms with E-state index in [4.69, 9.17) is 0 Å². The fraction of sp³-hybridized carbons (Fsp3) is 0.0952. The molecular weight excluding hydrogens is 416 g/mol. The van der Waals surface area contributed by atoms with E-state index in [1.54, 1.807) is 29.1 Å². The predicted molar refractivity (Wildman–Crippen MR) is 118 cm³/mol. The van der Waals surface area contributed by atoms with Crippen molar-refractivity contribution in [2.24, 2.45) is 0 Å². The van der Waals surface area contributed by atoms with Gasteiger partial charge >= 0.3 is 0 Å². The number of hydrogen-bond acceptors (Lipinski definition) is 7. The van der Waals surface area contributed by atoms with Crippen LogP contribution in [0.3, 0.4) is 0 Å². The van der Waals surface area contributed by atoms with Gasteiger partial charge in [0, 0.05) is 41.4 Å². The van der Waals surface area contributed by atoms with Crippen LogP contribution in [0.1, 0.15) is 11.3 Å². The first-order valence-electron chi connectivity index (χ1n) is 9.24. The van der Waals surface area contributed by atoms with Gasteiger partial charge in [-0.05, 0) is 17.7 Å². The van der Waals surface area contributed by atoms with Crippen molar-refractivity contribution < 1.29 is 0 Å². The number of rotatable bonds is 6. The van der Waals surface area contributed by atoms with Gasteiger partial charge in [0.1, 0.15) is 0 Å². The molecule has 0 atom stereocenters. The van der Waals surface area contributed by atoms with Gasteiger partial charge in [-0.25, -0.2) is 4.98 Å². The van der Waals surface area contributed by atoms with Crippen molar-refractivity contribution >= 4 is 28.1 Å². The molecule has 0 spiro atoms. The van der Waals surface area contributed by atoms with E-state index in [-0.39, 0.29) is 5.56 Å². The number of fused-ring (bicyclic) bond motifs is 1. The lowest BCUT2D eigenvalue weighted by atomic mass is 10.2. The zero-order valence-corrected chi connectivity index (χ0v) is 17.4. The standard InChI is InChI=1S/C21H16N6OS2/c28-18-11-17(23-20-26(18)9-10-29-20)14-30-21-25-24-19(16-7-4-8-22-12-16)27(21)13-15-5-2-1-3-6-15/h1-12H,13-14H2. The molecule has 0 unspecified atom stereocenters. The van der Waals surface area contributed by atoms with E-state index in [9.17, 15) is 4.79 Å². The summed E-state index contributed by atoms with van der Waals surface area (Å²) in [5.74, 6) is 1.29. The van der Waals surface area contributed by atoms with Crippen LogP contribution in [-0.2, 0) is 12.3 Å². The molecule has 0 fully saturated rings. The summed E-state index contributed by atoms with van der Waals surface area (Å²) in [6, 6.07) is 15.6. The van der Waals surface area contributed by atoms with Crippen LogP contribution < -0.4 is 5.56 Å². The van der Waals surface area contributed by atoms with Gasteiger partial charge in [-0.3, -0.25) is 18.7 Å². The summed E-state index contributed by atoms with van der Waals surface area (Å²) in [6.45, 7) is 0.639. The molecule has 0 N–H and O–H groups in total. The average Bonchev–Trinajstić information content (AvgIpc) is 3.41. The topological polar surface area (TPSA) is 78.0 Å². The van der Waals surface area contributed by atoms with Gasteiger partial charge < -0.3 is 0 Å². The van der Waals surface area contributed by atoms with E-state index in [1.165, 1.54) is 23.1 Å². The van der Waals surface area contributed by atoms with Crippen LogP contribution in [0, 0.1) is 0 Å². The van der Waals surface area contributed by atoms with E-state index >= 15 is 0 Å². The Morgan fingerprint density at radius 1 is 1.07 bits per heavy atom. The van der Waals surface area contributed by atoms with Crippen LogP contribution in [0.5, 0.6) is 0 Å². The fourth-order valence-corrected chi connectivity index (χ4v) is 4.68. The van der Waals surface area contributed by atoms with Crippen LogP contribution in [0.2, 0.25) is 0 Å². The van der Waals surface area contributed by atoms with Crippen LogP contribution in [0.4, 0.5) is 0 Å². The average molecular weight is 433 g/mol. The number of hydrogen-bond donors (Lipinski definition) is 0. The molecule has 0 aliphatic carbocycles. The van der Waals surface area contributed by atoms with Gasteiger partial charge in [-0.1, -0.05) is 42.1 Å². The van der Waals surface area contributed by atoms with Gasteiger partial charge in [0.05, 0.1) is 12.2 Å². The van der Waals surface area contributed by atoms with Crippen molar-refractivity contribution in [3.8, 4) is 11.4 Å². The number of nitrogens with zero attached hydrogens (tertiary/aromatic N) is 6. The molecule has 0 saturated heterocycles. The Hall–Kier alpha value is -3.30. The normalized spacial score (nSPS) is 11.2. The van der Waals surface area contributed by atoms with Crippen molar-refractivity contribution in [3.05, 3.63) is 94.1 Å². The Labute approximate surface area is 180 Å². The lowest BCUT2D eigenvalue weighted by Gasteiger charge is -2.10. The smallest absolute Gasteiger partial charge is 0.258 e. The molecule has 0 aliphatic rings. The number of pyridine rings is 1. The molecule has 7 nitrogen and oxygen atoms in total. The maximum atomic E-state index is 12.2. The summed E-state index contributed by atoms with van der Waals surface area (Å²) < 4.78 is 3.63. The summed E-state index contributed by atoms with van der Waals surface area (Å²) in [4.78, 5) is 21.7. The minimum absolute atomic E-state index is 0.0707. The zero-order valence-electron chi connectivity index (χ0n) is 15.8. The second-order valence-electron chi connectivity index (χ2n) is 6.55. The molecule has 0 amide bonds. The maximum absolute atomic E-state index is 12.2. The monoisotopic (exact) mass is 432 g/mol. The predicted octanol–water partition coefficient (Wildman–Crippen LogP) is 3.75. The highest BCUT2D eigenvalue weighted by atomic mass is 32.2. The van der Waals surface area contributed by atoms with Crippen molar-refractivity contribution in [1.29, 1.82) is 0 Å². The molecule has 4 aromatic heterocycles. The van der Waals surface area contributed by atoms with Gasteiger partial charge in [0.2, 0.25) is 0 Å². The van der Waals surface area contributed by atoms with Crippen molar-refractivity contribution in [2.45, 2.75) is 17.5 Å². The molecule has 0 bridgehead atoms. The first kappa shape index (κ1) is 18.7. The molecule has 5 aromatic rings. The minimum Gasteiger partial charge on any atom is -0.297 e. The fourth-order valence-electron chi connectivity index (χ4n) is 3.11. The summed E-state index contributed by atoms with van der Waals surface area (Å²) in [5, 5.41) is 11.5. The van der Waals surface area contributed by atoms with E-state index < -0.39 is 0 Å². The first-order chi connectivity index (χ1) is 14.8. The zero-order chi connectivity index (χ0) is 20.3. The third kappa shape index (κ3) is 3.77. The van der Waals surface area contributed by atoms with Crippen molar-refractivity contribution in [2.75, 3.05) is 0 Å². The number of thioether (sulfide) groups is 1. The van der Waals surface area contributed by atoms with Crippen LogP contribution in [-0.4, -0.2) is 29.1 Å². The molecular formula is C21H16N6OS2. The molecule has 5 rings (SSSR count). The number of benzene rings is 1. The summed E-state index contributed by atoms with van der Waals surface area (Å²) in [6.07, 6.45) is 5.26. The number of thiazole rings is 1. The summed E-state index contributed by atoms with van der Waals surface area (Å²) in [5.41, 5.74) is 2.72. The van der Waals surface area contributed by atoms with E-state index in [0.717, 1.165) is 27.8 Å². The molecule has 1 aromatic carbocycles. The second kappa shape index (κ2) is 8.21. The summed E-state index contributed by atoms with van der Waals surface area (Å²) >= 11 is 2.96. The minimum atomic E-state index is -0.0707. The Bertz CT molecular complexity index is 1340. The van der Waals surface area contributed by atoms with E-state index in [0.29, 0.717) is 17.3 Å². The van der Waals surface area contributed by atoms with Crippen molar-refractivity contribution in [1.82, 2.24) is 29.1 Å². The van der Waals surface area contributed by atoms with Crippen LogP contribution >= 0.6 is 23.1 Å². The summed E-state index contributed by atoms with van der Waals surface area (Å²) in [7, 11) is 0. The Morgan fingerprint density at radius 2 is 1.97 bits per heavy atom. The lowest BCUT2D eigenvalue weighted by Crippen LogP contribution is -2.12. The molecule has 9 heteroatoms. The Balaban J connectivity index is 1.47. The number of aromatic nitrogens is 6. The molecule has 4 heterocycles. The van der Waals surface area contributed by atoms with Crippen LogP contribution in [0.25, 0.3) is 16.3 Å². The molecule has 0 aliphatic heterocycles. The third-order valence-corrected chi connectivity index (χ3v) is 6.28. The largest absolute Gasteiger partial charge is 0.297 e. The molecule has 148 valence electrons. The highest BCUT2D eigenvalue weighted by Gasteiger charge is 2.16.